The Kier molecular flexibility index (Phi) is 45.7. The predicted octanol–water partition coefficient (Wildman–Crippen LogP) is 13.9. The van der Waals surface area contributed by atoms with E-state index in [1.807, 2.05) is 0 Å². The number of rotatable bonds is 45. The molecule has 0 aromatic heterocycles. The Labute approximate surface area is 431 Å². The van der Waals surface area contributed by atoms with E-state index in [2.05, 4.69) is 38.2 Å². The second-order valence-corrected chi connectivity index (χ2v) is 19.2. The van der Waals surface area contributed by atoms with E-state index in [1.54, 1.807) is 0 Å². The molecular formula is C54H93KO7S. The van der Waals surface area contributed by atoms with E-state index in [9.17, 15) is 22.6 Å². The standard InChI is InChI=1S/C54H94O7S.K/c1-3-5-7-9-11-13-15-17-19-21-23-25-27-29-31-33-35-37-39-41-43-48-60-53(55)50-46-45-47-51(62(57,58)59)52(50)54(56)61-49-44-42-40-38-36-34-32-30-28-26-24-22-20-18-16-14-12-10-8-6-4-2;/h13-16,45-47H,3-12,17-44,48-49H2,1-2H3,(H,57,58,59);/q;+1/p-1/b15-13+,16-14+;. The van der Waals surface area contributed by atoms with Crippen molar-refractivity contribution < 1.29 is 83.4 Å². The van der Waals surface area contributed by atoms with E-state index >= 15 is 0 Å². The molecule has 0 bridgehead atoms. The third-order valence-corrected chi connectivity index (χ3v) is 12.9. The van der Waals surface area contributed by atoms with Gasteiger partial charge in [-0.2, -0.15) is 0 Å². The Bertz CT molecular complexity index is 1380. The molecule has 1 aromatic carbocycles. The zero-order chi connectivity index (χ0) is 45.0. The molecule has 0 saturated heterocycles. The fraction of sp³-hybridized carbons (Fsp3) is 0.778. The SMILES string of the molecule is CCCCCC/C=C/CCCCCCCCCCCCCCCOC(=O)c1cccc(S(=O)(=O)[O-])c1C(=O)OCCCCCCCCCCCCCCC/C=C/CCCCCC.[K+]. The molecule has 358 valence electrons. The molecule has 7 nitrogen and oxygen atoms in total. The van der Waals surface area contributed by atoms with E-state index in [4.69, 9.17) is 9.47 Å². The summed E-state index contributed by atoms with van der Waals surface area (Å²) < 4.78 is 47.0. The van der Waals surface area contributed by atoms with Gasteiger partial charge < -0.3 is 14.0 Å². The van der Waals surface area contributed by atoms with Crippen LogP contribution in [-0.4, -0.2) is 38.1 Å². The Morgan fingerprint density at radius 3 is 1.05 bits per heavy atom. The minimum absolute atomic E-state index is 0. The van der Waals surface area contributed by atoms with Gasteiger partial charge in [0.05, 0.1) is 29.2 Å². The molecule has 0 heterocycles. The van der Waals surface area contributed by atoms with Crippen molar-refractivity contribution in [3.8, 4) is 0 Å². The van der Waals surface area contributed by atoms with E-state index in [-0.39, 0.29) is 70.2 Å². The van der Waals surface area contributed by atoms with Crippen molar-refractivity contribution in [2.24, 2.45) is 0 Å². The van der Waals surface area contributed by atoms with Gasteiger partial charge in [-0.05, 0) is 76.3 Å². The molecule has 0 saturated carbocycles. The van der Waals surface area contributed by atoms with Gasteiger partial charge in [0.25, 0.3) is 0 Å². The van der Waals surface area contributed by atoms with Crippen molar-refractivity contribution in [3.63, 3.8) is 0 Å². The minimum Gasteiger partial charge on any atom is -0.744 e. The number of ether oxygens (including phenoxy) is 2. The molecule has 0 unspecified atom stereocenters. The van der Waals surface area contributed by atoms with Crippen LogP contribution in [0.5, 0.6) is 0 Å². The van der Waals surface area contributed by atoms with Crippen LogP contribution in [0.25, 0.3) is 0 Å². The molecule has 0 atom stereocenters. The van der Waals surface area contributed by atoms with Crippen molar-refractivity contribution in [1.82, 2.24) is 0 Å². The molecule has 0 fully saturated rings. The average molecular weight is 925 g/mol. The normalized spacial score (nSPS) is 11.7. The van der Waals surface area contributed by atoms with E-state index < -0.39 is 32.5 Å². The molecule has 0 spiro atoms. The molecule has 0 aliphatic rings. The summed E-state index contributed by atoms with van der Waals surface area (Å²) in [5.74, 6) is -1.80. The monoisotopic (exact) mass is 925 g/mol. The van der Waals surface area contributed by atoms with Gasteiger partial charge in [0.2, 0.25) is 0 Å². The predicted molar refractivity (Wildman–Crippen MR) is 260 cm³/mol. The van der Waals surface area contributed by atoms with Crippen LogP contribution in [0.3, 0.4) is 0 Å². The third-order valence-electron chi connectivity index (χ3n) is 12.0. The summed E-state index contributed by atoms with van der Waals surface area (Å²) >= 11 is 0. The summed E-state index contributed by atoms with van der Waals surface area (Å²) in [5, 5.41) is 0. The summed E-state index contributed by atoms with van der Waals surface area (Å²) in [6.07, 6.45) is 56.1. The first-order valence-corrected chi connectivity index (χ1v) is 27.5. The number of carbonyl (C=O) groups is 2. The molecule has 9 heteroatoms. The van der Waals surface area contributed by atoms with E-state index in [0.29, 0.717) is 12.8 Å². The van der Waals surface area contributed by atoms with Crippen LogP contribution < -0.4 is 51.4 Å². The molecule has 0 radical (unpaired) electrons. The first kappa shape index (κ1) is 62.2. The maximum absolute atomic E-state index is 13.1. The summed E-state index contributed by atoms with van der Waals surface area (Å²) in [5.41, 5.74) is -0.770. The summed E-state index contributed by atoms with van der Waals surface area (Å²) in [6, 6.07) is 3.65. The Morgan fingerprint density at radius 1 is 0.444 bits per heavy atom. The van der Waals surface area contributed by atoms with Crippen LogP contribution in [0.4, 0.5) is 0 Å². The Hall–Kier alpha value is -0.814. The average Bonchev–Trinajstić information content (AvgIpc) is 3.26. The summed E-state index contributed by atoms with van der Waals surface area (Å²) in [4.78, 5) is 25.3. The van der Waals surface area contributed by atoms with E-state index in [0.717, 1.165) is 44.6 Å². The van der Waals surface area contributed by atoms with Gasteiger partial charge in [-0.25, -0.2) is 18.0 Å². The van der Waals surface area contributed by atoms with Crippen LogP contribution in [0.1, 0.15) is 279 Å². The van der Waals surface area contributed by atoms with Gasteiger partial charge in [-0.1, -0.05) is 224 Å². The molecule has 0 aliphatic carbocycles. The summed E-state index contributed by atoms with van der Waals surface area (Å²) in [6.45, 7) is 4.77. The fourth-order valence-corrected chi connectivity index (χ4v) is 8.76. The number of hydrogen-bond acceptors (Lipinski definition) is 7. The molecule has 1 rings (SSSR count). The molecular weight excluding hydrogens is 832 g/mol. The maximum atomic E-state index is 13.1. The van der Waals surface area contributed by atoms with Gasteiger partial charge >= 0.3 is 63.3 Å². The number of benzene rings is 1. The largest absolute Gasteiger partial charge is 1.00 e. The van der Waals surface area contributed by atoms with Crippen LogP contribution in [-0.2, 0) is 19.6 Å². The maximum Gasteiger partial charge on any atom is 1.00 e. The van der Waals surface area contributed by atoms with Crippen LogP contribution in [0, 0.1) is 0 Å². The van der Waals surface area contributed by atoms with Crippen LogP contribution in [0.2, 0.25) is 0 Å². The number of carbonyl (C=O) groups excluding carboxylic acids is 2. The molecule has 0 aliphatic heterocycles. The van der Waals surface area contributed by atoms with Crippen molar-refractivity contribution in [1.29, 1.82) is 0 Å². The molecule has 0 amide bonds. The van der Waals surface area contributed by atoms with Crippen molar-refractivity contribution in [3.05, 3.63) is 53.6 Å². The number of unbranched alkanes of at least 4 members (excludes halogenated alkanes) is 34. The van der Waals surface area contributed by atoms with Gasteiger partial charge in [0.15, 0.2) is 0 Å². The Morgan fingerprint density at radius 2 is 0.730 bits per heavy atom. The zero-order valence-electron chi connectivity index (χ0n) is 41.1. The topological polar surface area (TPSA) is 110 Å². The fourth-order valence-electron chi connectivity index (χ4n) is 8.07. The van der Waals surface area contributed by atoms with Gasteiger partial charge in [0, 0.05) is 0 Å². The summed E-state index contributed by atoms with van der Waals surface area (Å²) in [7, 11) is -5.02. The van der Waals surface area contributed by atoms with Crippen LogP contribution >= 0.6 is 0 Å². The minimum atomic E-state index is -5.02. The Balaban J connectivity index is 0.0000384. The molecule has 0 N–H and O–H groups in total. The van der Waals surface area contributed by atoms with Crippen molar-refractivity contribution in [2.75, 3.05) is 13.2 Å². The van der Waals surface area contributed by atoms with Gasteiger partial charge in [-0.15, -0.1) is 0 Å². The first-order chi connectivity index (χ1) is 30.3. The second-order valence-electron chi connectivity index (χ2n) is 17.8. The quantitative estimate of drug-likeness (QED) is 0.0211. The van der Waals surface area contributed by atoms with Crippen molar-refractivity contribution in [2.45, 2.75) is 263 Å². The van der Waals surface area contributed by atoms with Crippen LogP contribution in [0.15, 0.2) is 47.4 Å². The number of hydrogen-bond donors (Lipinski definition) is 0. The van der Waals surface area contributed by atoms with Gasteiger partial charge in [0.1, 0.15) is 10.1 Å². The zero-order valence-corrected chi connectivity index (χ0v) is 45.0. The second kappa shape index (κ2) is 46.3. The number of esters is 2. The van der Waals surface area contributed by atoms with Gasteiger partial charge in [-0.3, -0.25) is 0 Å². The molecule has 63 heavy (non-hydrogen) atoms. The van der Waals surface area contributed by atoms with Crippen molar-refractivity contribution >= 4 is 22.1 Å². The first-order valence-electron chi connectivity index (χ1n) is 26.1. The number of allylic oxidation sites excluding steroid dienone is 4. The third kappa shape index (κ3) is 37.9. The molecule has 1 aromatic rings. The van der Waals surface area contributed by atoms with E-state index in [1.165, 1.54) is 205 Å². The smallest absolute Gasteiger partial charge is 0.744 e.